The predicted octanol–water partition coefficient (Wildman–Crippen LogP) is 3.00. The molecule has 1 heterocycles. The normalized spacial score (nSPS) is 16.7. The smallest absolute Gasteiger partial charge is 0.312 e. The van der Waals surface area contributed by atoms with Crippen molar-refractivity contribution in [3.63, 3.8) is 0 Å². The summed E-state index contributed by atoms with van der Waals surface area (Å²) in [4.78, 5) is 36.7. The van der Waals surface area contributed by atoms with Crippen LogP contribution < -0.4 is 9.64 Å². The maximum absolute atomic E-state index is 12.6. The third-order valence-electron chi connectivity index (χ3n) is 4.17. The molecule has 0 atom stereocenters. The number of benzene rings is 1. The van der Waals surface area contributed by atoms with Gasteiger partial charge in [-0.05, 0) is 25.7 Å². The number of anilines is 1. The van der Waals surface area contributed by atoms with E-state index in [9.17, 15) is 19.7 Å². The van der Waals surface area contributed by atoms with Gasteiger partial charge in [-0.15, -0.1) is 6.42 Å². The van der Waals surface area contributed by atoms with Gasteiger partial charge in [0.2, 0.25) is 0 Å². The number of amides is 2. The summed E-state index contributed by atoms with van der Waals surface area (Å²) >= 11 is 6.12. The second-order valence-electron chi connectivity index (χ2n) is 5.63. The van der Waals surface area contributed by atoms with Gasteiger partial charge >= 0.3 is 5.69 Å². The second kappa shape index (κ2) is 6.57. The molecule has 25 heavy (non-hydrogen) atoms. The molecule has 2 aliphatic rings. The van der Waals surface area contributed by atoms with Crippen LogP contribution in [0.25, 0.3) is 0 Å². The molecular formula is C17H13ClN2O5. The van der Waals surface area contributed by atoms with Gasteiger partial charge in [-0.1, -0.05) is 17.5 Å². The molecule has 8 heteroatoms. The quantitative estimate of drug-likeness (QED) is 0.356. The van der Waals surface area contributed by atoms with E-state index in [1.165, 1.54) is 6.07 Å². The Balaban J connectivity index is 2.06. The van der Waals surface area contributed by atoms with Crippen molar-refractivity contribution in [1.82, 2.24) is 0 Å². The van der Waals surface area contributed by atoms with Gasteiger partial charge in [-0.25, -0.2) is 4.90 Å². The summed E-state index contributed by atoms with van der Waals surface area (Å²) < 4.78 is 5.19. The molecule has 1 aromatic carbocycles. The number of hydrogen-bond acceptors (Lipinski definition) is 5. The molecule has 0 saturated carbocycles. The number of rotatable bonds is 4. The molecule has 0 fully saturated rings. The van der Waals surface area contributed by atoms with E-state index in [0.717, 1.165) is 23.8 Å². The average molecular weight is 361 g/mol. The zero-order chi connectivity index (χ0) is 18.1. The van der Waals surface area contributed by atoms with E-state index in [-0.39, 0.29) is 28.8 Å². The molecule has 1 aliphatic carbocycles. The maximum Gasteiger partial charge on any atom is 0.312 e. The van der Waals surface area contributed by atoms with Crippen molar-refractivity contribution in [3.8, 4) is 18.1 Å². The Labute approximate surface area is 148 Å². The summed E-state index contributed by atoms with van der Waals surface area (Å²) in [6, 6.07) is 2.27. The molecule has 0 radical (unpaired) electrons. The lowest BCUT2D eigenvalue weighted by Crippen LogP contribution is -2.31. The Hall–Kier alpha value is -2.85. The molecule has 7 nitrogen and oxygen atoms in total. The number of nitro benzene ring substituents is 1. The third kappa shape index (κ3) is 2.85. The first-order valence-corrected chi connectivity index (χ1v) is 7.98. The number of carbonyl (C=O) groups is 2. The number of imide groups is 1. The van der Waals surface area contributed by atoms with Crippen molar-refractivity contribution in [3.05, 3.63) is 38.4 Å². The number of nitro groups is 1. The number of hydrogen-bond donors (Lipinski definition) is 0. The van der Waals surface area contributed by atoms with Crippen LogP contribution in [-0.2, 0) is 9.59 Å². The molecule has 0 N–H and O–H groups in total. The molecule has 128 valence electrons. The van der Waals surface area contributed by atoms with Crippen LogP contribution in [-0.4, -0.2) is 23.3 Å². The van der Waals surface area contributed by atoms with Gasteiger partial charge in [0.25, 0.3) is 11.8 Å². The van der Waals surface area contributed by atoms with Crippen LogP contribution in [0.2, 0.25) is 5.02 Å². The van der Waals surface area contributed by atoms with Crippen LogP contribution in [0.5, 0.6) is 5.75 Å². The summed E-state index contributed by atoms with van der Waals surface area (Å²) in [5, 5.41) is 11.1. The molecule has 1 aliphatic heterocycles. The highest BCUT2D eigenvalue weighted by Crippen LogP contribution is 2.42. The van der Waals surface area contributed by atoms with E-state index >= 15 is 0 Å². The van der Waals surface area contributed by atoms with E-state index in [1.807, 2.05) is 0 Å². The minimum atomic E-state index is -0.668. The lowest BCUT2D eigenvalue weighted by atomic mass is 9.93. The average Bonchev–Trinajstić information content (AvgIpc) is 2.85. The number of ether oxygens (including phenoxy) is 1. The standard InChI is InChI=1S/C17H13ClN2O5/c1-2-7-25-15-9-13(12(18)8-14(15)20(23)24)19-16(21)10-5-3-4-6-11(10)17(19)22/h1,8-9H,3-7H2. The van der Waals surface area contributed by atoms with Crippen molar-refractivity contribution in [2.45, 2.75) is 25.7 Å². The first-order valence-electron chi connectivity index (χ1n) is 7.60. The van der Waals surface area contributed by atoms with E-state index in [4.69, 9.17) is 22.8 Å². The molecule has 2 amide bonds. The van der Waals surface area contributed by atoms with Gasteiger partial charge in [-0.2, -0.15) is 0 Å². The SMILES string of the molecule is C#CCOc1cc(N2C(=O)C3=C(CCCC3)C2=O)c(Cl)cc1[N+](=O)[O-]. The van der Waals surface area contributed by atoms with E-state index < -0.39 is 16.7 Å². The van der Waals surface area contributed by atoms with Gasteiger partial charge in [-0.3, -0.25) is 19.7 Å². The Morgan fingerprint density at radius 2 is 1.84 bits per heavy atom. The highest BCUT2D eigenvalue weighted by atomic mass is 35.5. The van der Waals surface area contributed by atoms with Gasteiger partial charge in [0.1, 0.15) is 6.61 Å². The van der Waals surface area contributed by atoms with Gasteiger partial charge < -0.3 is 4.74 Å². The van der Waals surface area contributed by atoms with Crippen molar-refractivity contribution < 1.29 is 19.2 Å². The van der Waals surface area contributed by atoms with Gasteiger partial charge in [0.15, 0.2) is 5.75 Å². The largest absolute Gasteiger partial charge is 0.474 e. The summed E-state index contributed by atoms with van der Waals surface area (Å²) in [5.74, 6) is 1.20. The summed E-state index contributed by atoms with van der Waals surface area (Å²) in [5.41, 5.74) is 0.665. The lowest BCUT2D eigenvalue weighted by Gasteiger charge is -2.17. The highest BCUT2D eigenvalue weighted by molar-refractivity contribution is 6.39. The minimum Gasteiger partial charge on any atom is -0.474 e. The Bertz CT molecular complexity index is 841. The van der Waals surface area contributed by atoms with Crippen molar-refractivity contribution >= 4 is 34.8 Å². The molecule has 0 bridgehead atoms. The number of terminal acetylenes is 1. The minimum absolute atomic E-state index is 0.0590. The Morgan fingerprint density at radius 3 is 2.36 bits per heavy atom. The van der Waals surface area contributed by atoms with Crippen LogP contribution in [0.4, 0.5) is 11.4 Å². The first-order chi connectivity index (χ1) is 12.0. The predicted molar refractivity (Wildman–Crippen MR) is 90.4 cm³/mol. The summed E-state index contributed by atoms with van der Waals surface area (Å²) in [6.07, 6.45) is 7.89. The fourth-order valence-electron chi connectivity index (χ4n) is 3.04. The molecule has 0 saturated heterocycles. The van der Waals surface area contributed by atoms with Crippen LogP contribution in [0, 0.1) is 22.5 Å². The number of nitrogens with zero attached hydrogens (tertiary/aromatic N) is 2. The Kier molecular flexibility index (Phi) is 4.47. The first kappa shape index (κ1) is 17.0. The van der Waals surface area contributed by atoms with Crippen molar-refractivity contribution in [2.75, 3.05) is 11.5 Å². The molecule has 0 unspecified atom stereocenters. The fourth-order valence-corrected chi connectivity index (χ4v) is 3.28. The fraction of sp³-hybridized carbons (Fsp3) is 0.294. The zero-order valence-corrected chi connectivity index (χ0v) is 13.8. The van der Waals surface area contributed by atoms with E-state index in [2.05, 4.69) is 5.92 Å². The number of halogens is 1. The maximum atomic E-state index is 12.6. The third-order valence-corrected chi connectivity index (χ3v) is 4.47. The van der Waals surface area contributed by atoms with Crippen molar-refractivity contribution in [2.24, 2.45) is 0 Å². The zero-order valence-electron chi connectivity index (χ0n) is 13.1. The van der Waals surface area contributed by atoms with Crippen LogP contribution >= 0.6 is 11.6 Å². The molecule has 0 aromatic heterocycles. The Morgan fingerprint density at radius 1 is 1.24 bits per heavy atom. The van der Waals surface area contributed by atoms with Crippen LogP contribution in [0.15, 0.2) is 23.3 Å². The lowest BCUT2D eigenvalue weighted by molar-refractivity contribution is -0.385. The van der Waals surface area contributed by atoms with Crippen LogP contribution in [0.3, 0.4) is 0 Å². The monoisotopic (exact) mass is 360 g/mol. The highest BCUT2D eigenvalue weighted by Gasteiger charge is 2.41. The molecule has 3 rings (SSSR count). The molecular weight excluding hydrogens is 348 g/mol. The second-order valence-corrected chi connectivity index (χ2v) is 6.04. The van der Waals surface area contributed by atoms with E-state index in [0.29, 0.717) is 24.0 Å². The number of carbonyl (C=O) groups excluding carboxylic acids is 2. The summed E-state index contributed by atoms with van der Waals surface area (Å²) in [7, 11) is 0. The summed E-state index contributed by atoms with van der Waals surface area (Å²) in [6.45, 7) is -0.196. The topological polar surface area (TPSA) is 89.8 Å². The molecule has 1 aromatic rings. The molecule has 0 spiro atoms. The van der Waals surface area contributed by atoms with Crippen molar-refractivity contribution in [1.29, 1.82) is 0 Å². The van der Waals surface area contributed by atoms with Gasteiger partial charge in [0, 0.05) is 23.3 Å². The van der Waals surface area contributed by atoms with E-state index in [1.54, 1.807) is 0 Å². The van der Waals surface area contributed by atoms with Crippen LogP contribution in [0.1, 0.15) is 25.7 Å². The van der Waals surface area contributed by atoms with Gasteiger partial charge in [0.05, 0.1) is 15.6 Å².